The fourth-order valence-corrected chi connectivity index (χ4v) is 4.58. The Balaban J connectivity index is 1.50. The summed E-state index contributed by atoms with van der Waals surface area (Å²) < 4.78 is 0. The van der Waals surface area contributed by atoms with Crippen LogP contribution in [0.3, 0.4) is 0 Å². The van der Waals surface area contributed by atoms with Gasteiger partial charge in [-0.1, -0.05) is 35.9 Å². The summed E-state index contributed by atoms with van der Waals surface area (Å²) in [4.78, 5) is 9.03. The second-order valence-corrected chi connectivity index (χ2v) is 8.43. The maximum absolute atomic E-state index is 4.73. The van der Waals surface area contributed by atoms with Gasteiger partial charge >= 0.3 is 0 Å². The predicted octanol–water partition coefficient (Wildman–Crippen LogP) is 5.02. The van der Waals surface area contributed by atoms with Crippen LogP contribution in [0, 0.1) is 13.8 Å². The number of fused-ring (bicyclic) bond motifs is 1. The van der Waals surface area contributed by atoms with E-state index in [1.807, 2.05) is 12.1 Å². The number of hydrogen-bond donors (Lipinski definition) is 0. The highest BCUT2D eigenvalue weighted by atomic mass is 15.3. The molecular formula is C26H27N5. The minimum atomic E-state index is 0.387. The Morgan fingerprint density at radius 3 is 2.39 bits per heavy atom. The molecule has 1 fully saturated rings. The predicted molar refractivity (Wildman–Crippen MR) is 128 cm³/mol. The first-order chi connectivity index (χ1) is 15.1. The van der Waals surface area contributed by atoms with E-state index >= 15 is 0 Å². The van der Waals surface area contributed by atoms with Crippen molar-refractivity contribution in [2.75, 3.05) is 29.4 Å². The van der Waals surface area contributed by atoms with Crippen LogP contribution in [0.2, 0.25) is 0 Å². The van der Waals surface area contributed by atoms with Crippen molar-refractivity contribution < 1.29 is 0 Å². The number of benzene rings is 2. The van der Waals surface area contributed by atoms with E-state index in [0.29, 0.717) is 6.04 Å². The van der Waals surface area contributed by atoms with Gasteiger partial charge in [-0.25, -0.2) is 0 Å². The molecule has 3 heterocycles. The van der Waals surface area contributed by atoms with E-state index in [1.165, 1.54) is 22.2 Å². The third-order valence-electron chi connectivity index (χ3n) is 6.24. The molecule has 1 saturated heterocycles. The van der Waals surface area contributed by atoms with Crippen LogP contribution in [-0.4, -0.2) is 40.9 Å². The zero-order valence-electron chi connectivity index (χ0n) is 18.3. The lowest BCUT2D eigenvalue weighted by atomic mass is 10.0. The Labute approximate surface area is 183 Å². The molecule has 0 saturated carbocycles. The fourth-order valence-electron chi connectivity index (χ4n) is 4.58. The molecule has 1 aliphatic heterocycles. The lowest BCUT2D eigenvalue weighted by Crippen LogP contribution is -2.52. The number of hydrogen-bond acceptors (Lipinski definition) is 5. The van der Waals surface area contributed by atoms with E-state index in [9.17, 15) is 0 Å². The van der Waals surface area contributed by atoms with Gasteiger partial charge in [0.25, 0.3) is 0 Å². The van der Waals surface area contributed by atoms with Crippen LogP contribution in [-0.2, 0) is 0 Å². The number of anilines is 2. The SMILES string of the molecule is Cc1ccc(N2CCN(c3nnc(-c4ccncc4)c4c(C)cccc34)CC2C)cc1. The van der Waals surface area contributed by atoms with Gasteiger partial charge in [0.1, 0.15) is 5.69 Å². The van der Waals surface area contributed by atoms with Gasteiger partial charge in [0.05, 0.1) is 0 Å². The lowest BCUT2D eigenvalue weighted by Gasteiger charge is -2.42. The van der Waals surface area contributed by atoms with E-state index in [4.69, 9.17) is 10.2 Å². The molecule has 5 rings (SSSR count). The topological polar surface area (TPSA) is 45.2 Å². The third-order valence-corrected chi connectivity index (χ3v) is 6.24. The quantitative estimate of drug-likeness (QED) is 0.475. The van der Waals surface area contributed by atoms with Gasteiger partial charge in [0, 0.05) is 60.1 Å². The van der Waals surface area contributed by atoms with Crippen molar-refractivity contribution in [3.05, 3.63) is 78.1 Å². The van der Waals surface area contributed by atoms with Crippen molar-refractivity contribution >= 4 is 22.3 Å². The highest BCUT2D eigenvalue weighted by Crippen LogP contribution is 2.34. The smallest absolute Gasteiger partial charge is 0.159 e. The molecule has 1 aliphatic rings. The van der Waals surface area contributed by atoms with E-state index in [2.05, 4.69) is 78.0 Å². The maximum Gasteiger partial charge on any atom is 0.159 e. The van der Waals surface area contributed by atoms with Gasteiger partial charge < -0.3 is 9.80 Å². The Hall–Kier alpha value is -3.47. The summed E-state index contributed by atoms with van der Waals surface area (Å²) in [5.74, 6) is 0.979. The molecule has 0 radical (unpaired) electrons. The summed E-state index contributed by atoms with van der Waals surface area (Å²) in [5.41, 5.74) is 5.77. The van der Waals surface area contributed by atoms with Crippen LogP contribution >= 0.6 is 0 Å². The molecule has 2 aromatic carbocycles. The van der Waals surface area contributed by atoms with E-state index in [0.717, 1.165) is 42.1 Å². The number of aryl methyl sites for hydroxylation is 2. The molecule has 1 unspecified atom stereocenters. The van der Waals surface area contributed by atoms with Crippen LogP contribution in [0.5, 0.6) is 0 Å². The number of pyridine rings is 1. The third kappa shape index (κ3) is 3.61. The van der Waals surface area contributed by atoms with Gasteiger partial charge in [0.2, 0.25) is 0 Å². The molecule has 2 aromatic heterocycles. The zero-order valence-corrected chi connectivity index (χ0v) is 18.3. The number of piperazine rings is 1. The van der Waals surface area contributed by atoms with Gasteiger partial charge in [-0.2, -0.15) is 0 Å². The molecule has 31 heavy (non-hydrogen) atoms. The summed E-state index contributed by atoms with van der Waals surface area (Å²) >= 11 is 0. The van der Waals surface area contributed by atoms with Crippen LogP contribution < -0.4 is 9.80 Å². The van der Waals surface area contributed by atoms with Gasteiger partial charge in [-0.05, 0) is 50.6 Å². The lowest BCUT2D eigenvalue weighted by molar-refractivity contribution is 0.547. The van der Waals surface area contributed by atoms with Crippen LogP contribution in [0.15, 0.2) is 67.0 Å². The maximum atomic E-state index is 4.73. The Morgan fingerprint density at radius 2 is 1.65 bits per heavy atom. The van der Waals surface area contributed by atoms with E-state index in [1.54, 1.807) is 12.4 Å². The first-order valence-electron chi connectivity index (χ1n) is 10.9. The first kappa shape index (κ1) is 19.5. The molecule has 0 bridgehead atoms. The Kier molecular flexibility index (Phi) is 5.02. The number of aromatic nitrogens is 3. The minimum Gasteiger partial charge on any atom is -0.365 e. The average Bonchev–Trinajstić information content (AvgIpc) is 2.80. The highest BCUT2D eigenvalue weighted by molar-refractivity contribution is 6.02. The molecule has 1 atom stereocenters. The standard InChI is InChI=1S/C26H27N5/c1-18-7-9-22(10-8-18)31-16-15-30(17-20(31)3)26-23-6-4-5-19(2)24(23)25(28-29-26)21-11-13-27-14-12-21/h4-14,20H,15-17H2,1-3H3. The number of rotatable bonds is 3. The highest BCUT2D eigenvalue weighted by Gasteiger charge is 2.27. The monoisotopic (exact) mass is 409 g/mol. The molecule has 156 valence electrons. The normalized spacial score (nSPS) is 16.7. The van der Waals surface area contributed by atoms with Crippen molar-refractivity contribution in [1.82, 2.24) is 15.2 Å². The minimum absolute atomic E-state index is 0.387. The molecule has 0 amide bonds. The molecule has 0 N–H and O–H groups in total. The van der Waals surface area contributed by atoms with Crippen LogP contribution in [0.4, 0.5) is 11.5 Å². The van der Waals surface area contributed by atoms with Gasteiger partial charge in [-0.15, -0.1) is 10.2 Å². The molecule has 0 spiro atoms. The summed E-state index contributed by atoms with van der Waals surface area (Å²) in [7, 11) is 0. The summed E-state index contributed by atoms with van der Waals surface area (Å²) in [6.07, 6.45) is 3.61. The van der Waals surface area contributed by atoms with Crippen molar-refractivity contribution in [3.63, 3.8) is 0 Å². The summed E-state index contributed by atoms with van der Waals surface area (Å²) in [5, 5.41) is 11.8. The second-order valence-electron chi connectivity index (χ2n) is 8.43. The van der Waals surface area contributed by atoms with Crippen molar-refractivity contribution in [3.8, 4) is 11.3 Å². The summed E-state index contributed by atoms with van der Waals surface area (Å²) in [6, 6.07) is 19.7. The Bertz CT molecular complexity index is 1200. The zero-order chi connectivity index (χ0) is 21.4. The Morgan fingerprint density at radius 1 is 0.871 bits per heavy atom. The fraction of sp³-hybridized carbons (Fsp3) is 0.269. The number of nitrogens with zero attached hydrogens (tertiary/aromatic N) is 5. The van der Waals surface area contributed by atoms with E-state index < -0.39 is 0 Å². The van der Waals surface area contributed by atoms with Crippen LogP contribution in [0.25, 0.3) is 22.0 Å². The summed E-state index contributed by atoms with van der Waals surface area (Å²) in [6.45, 7) is 9.37. The molecule has 0 aliphatic carbocycles. The van der Waals surface area contributed by atoms with Gasteiger partial charge in [-0.3, -0.25) is 4.98 Å². The van der Waals surface area contributed by atoms with Gasteiger partial charge in [0.15, 0.2) is 5.82 Å². The van der Waals surface area contributed by atoms with Crippen molar-refractivity contribution in [2.45, 2.75) is 26.8 Å². The molecule has 5 heteroatoms. The average molecular weight is 410 g/mol. The second kappa shape index (κ2) is 7.99. The van der Waals surface area contributed by atoms with Crippen molar-refractivity contribution in [1.29, 1.82) is 0 Å². The molecular weight excluding hydrogens is 382 g/mol. The van der Waals surface area contributed by atoms with Crippen molar-refractivity contribution in [2.24, 2.45) is 0 Å². The first-order valence-corrected chi connectivity index (χ1v) is 10.9. The molecule has 5 nitrogen and oxygen atoms in total. The van der Waals surface area contributed by atoms with Crippen LogP contribution in [0.1, 0.15) is 18.1 Å². The van der Waals surface area contributed by atoms with E-state index in [-0.39, 0.29) is 0 Å². The largest absolute Gasteiger partial charge is 0.365 e. The molecule has 4 aromatic rings.